The van der Waals surface area contributed by atoms with Crippen molar-refractivity contribution in [1.82, 2.24) is 16.1 Å². The summed E-state index contributed by atoms with van der Waals surface area (Å²) in [5, 5.41) is 10.2. The van der Waals surface area contributed by atoms with Crippen LogP contribution in [-0.4, -0.2) is 38.5 Å². The summed E-state index contributed by atoms with van der Waals surface area (Å²) in [7, 11) is 3.20. The molecule has 0 spiro atoms. The lowest BCUT2D eigenvalue weighted by molar-refractivity contribution is -0.171. The van der Waals surface area contributed by atoms with Crippen LogP contribution in [0.2, 0.25) is 5.02 Å². The smallest absolute Gasteiger partial charge is 0.335 e. The zero-order chi connectivity index (χ0) is 23.1. The van der Waals surface area contributed by atoms with Crippen molar-refractivity contribution in [2.24, 2.45) is 5.10 Å². The summed E-state index contributed by atoms with van der Waals surface area (Å²) in [6.07, 6.45) is 0.711. The third kappa shape index (κ3) is 5.76. The molecular weight excluding hydrogens is 436 g/mol. The first-order chi connectivity index (χ1) is 15.4. The van der Waals surface area contributed by atoms with Crippen LogP contribution < -0.4 is 30.4 Å². The van der Waals surface area contributed by atoms with Crippen molar-refractivity contribution in [3.63, 3.8) is 0 Å². The lowest BCUT2D eigenvalue weighted by atomic mass is 10.0. The first-order valence-electron chi connectivity index (χ1n) is 9.83. The summed E-state index contributed by atoms with van der Waals surface area (Å²) in [5.41, 5.74) is 4.84. The minimum absolute atomic E-state index is 0.239. The molecule has 9 nitrogen and oxygen atoms in total. The van der Waals surface area contributed by atoms with Gasteiger partial charge in [0.1, 0.15) is 0 Å². The summed E-state index contributed by atoms with van der Waals surface area (Å²) in [6.45, 7) is 6.19. The Morgan fingerprint density at radius 2 is 1.91 bits per heavy atom. The highest BCUT2D eigenvalue weighted by Crippen LogP contribution is 2.28. The molecule has 0 fully saturated rings. The SMILES string of the molecule is C=C(NCCc1ccc(OC)c(OC)c1)OOc1ccc(C2=NNC(=O)NC2C)cc1Cl. The first-order valence-corrected chi connectivity index (χ1v) is 10.2. The molecule has 3 rings (SSSR count). The standard InChI is InChI=1S/C22H25ClN4O5/c1-13-21(26-27-22(28)25-13)16-6-8-18(17(23)12-16)32-31-14(2)24-10-9-15-5-7-19(29-3)20(11-15)30-4/h5-8,11-13,24H,2,9-10H2,1,3-4H3,(H2,25,27,28). The number of ether oxygens (including phenoxy) is 2. The zero-order valence-corrected chi connectivity index (χ0v) is 18.8. The molecule has 170 valence electrons. The molecule has 1 unspecified atom stereocenters. The summed E-state index contributed by atoms with van der Waals surface area (Å²) in [6, 6.07) is 10.2. The van der Waals surface area contributed by atoms with Crippen LogP contribution in [-0.2, 0) is 11.3 Å². The highest BCUT2D eigenvalue weighted by molar-refractivity contribution is 6.32. The number of halogens is 1. The summed E-state index contributed by atoms with van der Waals surface area (Å²) >= 11 is 6.31. The van der Waals surface area contributed by atoms with Crippen LogP contribution in [0.25, 0.3) is 0 Å². The van der Waals surface area contributed by atoms with Crippen molar-refractivity contribution in [3.8, 4) is 17.2 Å². The topological polar surface area (TPSA) is 102 Å². The lowest BCUT2D eigenvalue weighted by Gasteiger charge is -2.21. The van der Waals surface area contributed by atoms with E-state index in [1.165, 1.54) is 0 Å². The molecule has 1 heterocycles. The zero-order valence-electron chi connectivity index (χ0n) is 18.0. The number of carbonyl (C=O) groups excluding carboxylic acids is 1. The van der Waals surface area contributed by atoms with E-state index >= 15 is 0 Å². The number of hydrogen-bond donors (Lipinski definition) is 3. The van der Waals surface area contributed by atoms with Crippen LogP contribution >= 0.6 is 11.6 Å². The van der Waals surface area contributed by atoms with Gasteiger partial charge in [0.2, 0.25) is 5.88 Å². The molecule has 1 aliphatic heterocycles. The average Bonchev–Trinajstić information content (AvgIpc) is 2.78. The molecular formula is C22H25ClN4O5. The number of amides is 2. The molecule has 0 radical (unpaired) electrons. The van der Waals surface area contributed by atoms with E-state index in [2.05, 4.69) is 27.7 Å². The Balaban J connectivity index is 1.49. The van der Waals surface area contributed by atoms with Crippen LogP contribution in [0.5, 0.6) is 17.2 Å². The minimum atomic E-state index is -0.349. The van der Waals surface area contributed by atoms with Crippen LogP contribution in [0.1, 0.15) is 18.1 Å². The van der Waals surface area contributed by atoms with E-state index in [9.17, 15) is 4.79 Å². The largest absolute Gasteiger partial charge is 0.493 e. The fraction of sp³-hybridized carbons (Fsp3) is 0.273. The summed E-state index contributed by atoms with van der Waals surface area (Å²) in [4.78, 5) is 21.8. The second-order valence-electron chi connectivity index (χ2n) is 6.91. The van der Waals surface area contributed by atoms with E-state index in [4.69, 9.17) is 30.8 Å². The molecule has 10 heteroatoms. The third-order valence-electron chi connectivity index (χ3n) is 4.68. The predicted molar refractivity (Wildman–Crippen MR) is 121 cm³/mol. The van der Waals surface area contributed by atoms with Crippen molar-refractivity contribution < 1.29 is 24.0 Å². The van der Waals surface area contributed by atoms with Gasteiger partial charge in [-0.05, 0) is 55.8 Å². The Morgan fingerprint density at radius 1 is 1.16 bits per heavy atom. The Bertz CT molecular complexity index is 1030. The molecule has 1 atom stereocenters. The Kier molecular flexibility index (Phi) is 7.67. The molecule has 2 aromatic carbocycles. The van der Waals surface area contributed by atoms with E-state index in [-0.39, 0.29) is 18.0 Å². The number of methoxy groups -OCH3 is 2. The normalized spacial score (nSPS) is 15.1. The van der Waals surface area contributed by atoms with Gasteiger partial charge in [-0.25, -0.2) is 10.2 Å². The number of rotatable bonds is 10. The first kappa shape index (κ1) is 23.1. The van der Waals surface area contributed by atoms with Gasteiger partial charge < -0.3 is 20.1 Å². The number of nitrogens with one attached hydrogen (secondary N) is 3. The number of carbonyl (C=O) groups is 1. The van der Waals surface area contributed by atoms with Gasteiger partial charge in [0.05, 0.1) is 31.0 Å². The van der Waals surface area contributed by atoms with Crippen LogP contribution in [0.15, 0.2) is 54.0 Å². The van der Waals surface area contributed by atoms with Gasteiger partial charge in [0.25, 0.3) is 0 Å². The molecule has 0 saturated carbocycles. The van der Waals surface area contributed by atoms with E-state index in [1.807, 2.05) is 25.1 Å². The second kappa shape index (κ2) is 10.6. The maximum Gasteiger partial charge on any atom is 0.335 e. The molecule has 2 amide bonds. The van der Waals surface area contributed by atoms with Crippen molar-refractivity contribution in [3.05, 3.63) is 65.0 Å². The third-order valence-corrected chi connectivity index (χ3v) is 4.97. The number of nitrogens with zero attached hydrogens (tertiary/aromatic N) is 1. The maximum absolute atomic E-state index is 11.3. The molecule has 0 saturated heterocycles. The quantitative estimate of drug-likeness (QED) is 0.285. The van der Waals surface area contributed by atoms with E-state index < -0.39 is 0 Å². The molecule has 0 bridgehead atoms. The van der Waals surface area contributed by atoms with Gasteiger partial charge >= 0.3 is 6.03 Å². The van der Waals surface area contributed by atoms with Gasteiger partial charge in [0, 0.05) is 12.1 Å². The molecule has 2 aromatic rings. The van der Waals surface area contributed by atoms with Gasteiger partial charge in [-0.3, -0.25) is 9.78 Å². The van der Waals surface area contributed by atoms with Crippen LogP contribution in [0.3, 0.4) is 0 Å². The van der Waals surface area contributed by atoms with Gasteiger partial charge in [-0.2, -0.15) is 5.10 Å². The average molecular weight is 461 g/mol. The number of hydrogen-bond acceptors (Lipinski definition) is 7. The lowest BCUT2D eigenvalue weighted by Crippen LogP contribution is -2.48. The number of urea groups is 1. The highest BCUT2D eigenvalue weighted by Gasteiger charge is 2.21. The Morgan fingerprint density at radius 3 is 2.59 bits per heavy atom. The van der Waals surface area contributed by atoms with E-state index in [0.29, 0.717) is 40.9 Å². The molecule has 3 N–H and O–H groups in total. The van der Waals surface area contributed by atoms with Crippen molar-refractivity contribution in [1.29, 1.82) is 0 Å². The van der Waals surface area contributed by atoms with Crippen molar-refractivity contribution in [2.75, 3.05) is 20.8 Å². The fourth-order valence-corrected chi connectivity index (χ4v) is 3.27. The van der Waals surface area contributed by atoms with Crippen molar-refractivity contribution in [2.45, 2.75) is 19.4 Å². The van der Waals surface area contributed by atoms with Crippen LogP contribution in [0, 0.1) is 0 Å². The highest BCUT2D eigenvalue weighted by atomic mass is 35.5. The Labute approximate surface area is 191 Å². The van der Waals surface area contributed by atoms with Gasteiger partial charge in [0.15, 0.2) is 17.2 Å². The molecule has 32 heavy (non-hydrogen) atoms. The fourth-order valence-electron chi connectivity index (χ4n) is 3.05. The maximum atomic E-state index is 11.3. The minimum Gasteiger partial charge on any atom is -0.493 e. The van der Waals surface area contributed by atoms with Gasteiger partial charge in [-0.15, -0.1) is 0 Å². The van der Waals surface area contributed by atoms with E-state index in [1.54, 1.807) is 32.4 Å². The second-order valence-corrected chi connectivity index (χ2v) is 7.31. The molecule has 1 aliphatic rings. The van der Waals surface area contributed by atoms with Gasteiger partial charge in [-0.1, -0.05) is 17.7 Å². The predicted octanol–water partition coefficient (Wildman–Crippen LogP) is 3.38. The van der Waals surface area contributed by atoms with Crippen molar-refractivity contribution >= 4 is 23.3 Å². The number of benzene rings is 2. The monoisotopic (exact) mass is 460 g/mol. The number of hydrazone groups is 1. The van der Waals surface area contributed by atoms with E-state index in [0.717, 1.165) is 11.1 Å². The molecule has 0 aliphatic carbocycles. The Hall–Kier alpha value is -3.59. The van der Waals surface area contributed by atoms with Crippen LogP contribution in [0.4, 0.5) is 4.79 Å². The molecule has 0 aromatic heterocycles. The summed E-state index contributed by atoms with van der Waals surface area (Å²) in [5.74, 6) is 1.91. The summed E-state index contributed by atoms with van der Waals surface area (Å²) < 4.78 is 10.6.